The molecule has 5 nitrogen and oxygen atoms in total. The van der Waals surface area contributed by atoms with Crippen molar-refractivity contribution in [1.29, 1.82) is 0 Å². The third kappa shape index (κ3) is 8.25. The predicted octanol–water partition coefficient (Wildman–Crippen LogP) is 3.72. The fraction of sp³-hybridized carbons (Fsp3) is 0.682. The van der Waals surface area contributed by atoms with Crippen molar-refractivity contribution in [2.24, 2.45) is 10.9 Å². The van der Waals surface area contributed by atoms with Gasteiger partial charge in [0.15, 0.2) is 5.96 Å². The number of hydrogen-bond acceptors (Lipinski definition) is 3. The van der Waals surface area contributed by atoms with E-state index in [9.17, 15) is 0 Å². The van der Waals surface area contributed by atoms with Gasteiger partial charge in [-0.15, -0.1) is 24.0 Å². The normalized spacial score (nSPS) is 17.4. The van der Waals surface area contributed by atoms with E-state index < -0.39 is 0 Å². The van der Waals surface area contributed by atoms with E-state index in [0.29, 0.717) is 6.54 Å². The number of rotatable bonds is 10. The summed E-state index contributed by atoms with van der Waals surface area (Å²) in [5.41, 5.74) is 2.66. The van der Waals surface area contributed by atoms with E-state index in [4.69, 9.17) is 9.73 Å². The van der Waals surface area contributed by atoms with E-state index >= 15 is 0 Å². The van der Waals surface area contributed by atoms with Crippen LogP contribution in [0.4, 0.5) is 0 Å². The van der Waals surface area contributed by atoms with Crippen LogP contribution < -0.4 is 5.32 Å². The SMILES string of the molecule is CCNC(=NCc1ccc(CN2CCCC2)cc1)N(C)CCOCC1CC1.I. The van der Waals surface area contributed by atoms with Gasteiger partial charge in [0.1, 0.15) is 0 Å². The molecular weight excluding hydrogens is 463 g/mol. The van der Waals surface area contributed by atoms with Crippen LogP contribution in [0.5, 0.6) is 0 Å². The topological polar surface area (TPSA) is 40.1 Å². The van der Waals surface area contributed by atoms with Crippen LogP contribution in [0.1, 0.15) is 43.7 Å². The monoisotopic (exact) mass is 500 g/mol. The number of nitrogens with zero attached hydrogens (tertiary/aromatic N) is 3. The number of nitrogens with one attached hydrogen (secondary N) is 1. The number of benzene rings is 1. The molecule has 0 atom stereocenters. The summed E-state index contributed by atoms with van der Waals surface area (Å²) in [6, 6.07) is 8.95. The van der Waals surface area contributed by atoms with Gasteiger partial charge in [0.2, 0.25) is 0 Å². The minimum Gasteiger partial charge on any atom is -0.379 e. The summed E-state index contributed by atoms with van der Waals surface area (Å²) in [5.74, 6) is 1.78. The van der Waals surface area contributed by atoms with Gasteiger partial charge < -0.3 is 15.0 Å². The molecule has 1 aromatic rings. The molecule has 0 amide bonds. The van der Waals surface area contributed by atoms with Crippen molar-refractivity contribution in [2.45, 2.75) is 45.7 Å². The second-order valence-electron chi connectivity index (χ2n) is 7.91. The summed E-state index contributed by atoms with van der Waals surface area (Å²) in [5, 5.41) is 3.39. The van der Waals surface area contributed by atoms with Crippen molar-refractivity contribution in [3.05, 3.63) is 35.4 Å². The highest BCUT2D eigenvalue weighted by Gasteiger charge is 2.21. The average Bonchev–Trinajstić information content (AvgIpc) is 3.37. The highest BCUT2D eigenvalue weighted by Crippen LogP contribution is 2.28. The van der Waals surface area contributed by atoms with Gasteiger partial charge >= 0.3 is 0 Å². The molecule has 2 aliphatic rings. The van der Waals surface area contributed by atoms with Crippen LogP contribution in [-0.2, 0) is 17.8 Å². The Labute approximate surface area is 187 Å². The summed E-state index contributed by atoms with van der Waals surface area (Å²) < 4.78 is 5.76. The first-order chi connectivity index (χ1) is 13.2. The lowest BCUT2D eigenvalue weighted by molar-refractivity contribution is 0.115. The first kappa shape index (κ1) is 23.4. The molecule has 1 saturated heterocycles. The molecule has 3 rings (SSSR count). The van der Waals surface area contributed by atoms with Gasteiger partial charge in [-0.05, 0) is 62.7 Å². The van der Waals surface area contributed by atoms with E-state index in [2.05, 4.69) is 53.4 Å². The summed E-state index contributed by atoms with van der Waals surface area (Å²) in [7, 11) is 2.08. The minimum atomic E-state index is 0. The summed E-state index contributed by atoms with van der Waals surface area (Å²) in [4.78, 5) is 9.51. The third-order valence-electron chi connectivity index (χ3n) is 5.36. The smallest absolute Gasteiger partial charge is 0.194 e. The quantitative estimate of drug-likeness (QED) is 0.230. The maximum atomic E-state index is 5.76. The molecule has 1 heterocycles. The lowest BCUT2D eigenvalue weighted by Gasteiger charge is -2.22. The van der Waals surface area contributed by atoms with Crippen LogP contribution >= 0.6 is 24.0 Å². The van der Waals surface area contributed by atoms with Crippen molar-refractivity contribution in [2.75, 3.05) is 46.4 Å². The van der Waals surface area contributed by atoms with Gasteiger partial charge in [0.25, 0.3) is 0 Å². The van der Waals surface area contributed by atoms with Crippen LogP contribution in [0.3, 0.4) is 0 Å². The number of aliphatic imine (C=N–C) groups is 1. The summed E-state index contributed by atoms with van der Waals surface area (Å²) in [6.07, 6.45) is 5.38. The lowest BCUT2D eigenvalue weighted by atomic mass is 10.1. The Bertz CT molecular complexity index is 583. The van der Waals surface area contributed by atoms with Crippen molar-refractivity contribution in [3.8, 4) is 0 Å². The third-order valence-corrected chi connectivity index (χ3v) is 5.36. The minimum absolute atomic E-state index is 0. The lowest BCUT2D eigenvalue weighted by Crippen LogP contribution is -2.40. The molecule has 6 heteroatoms. The summed E-state index contributed by atoms with van der Waals surface area (Å²) in [6.45, 7) is 9.82. The Morgan fingerprint density at radius 3 is 2.50 bits per heavy atom. The number of ether oxygens (including phenoxy) is 1. The van der Waals surface area contributed by atoms with Crippen LogP contribution in [0, 0.1) is 5.92 Å². The first-order valence-electron chi connectivity index (χ1n) is 10.6. The van der Waals surface area contributed by atoms with Crippen LogP contribution in [0.2, 0.25) is 0 Å². The Hall–Kier alpha value is -0.860. The molecule has 1 saturated carbocycles. The summed E-state index contributed by atoms with van der Waals surface area (Å²) >= 11 is 0. The molecule has 0 spiro atoms. The zero-order chi connectivity index (χ0) is 18.9. The fourth-order valence-corrected chi connectivity index (χ4v) is 3.43. The second-order valence-corrected chi connectivity index (χ2v) is 7.91. The highest BCUT2D eigenvalue weighted by molar-refractivity contribution is 14.0. The van der Waals surface area contributed by atoms with Crippen molar-refractivity contribution in [3.63, 3.8) is 0 Å². The van der Waals surface area contributed by atoms with E-state index in [1.807, 2.05) is 0 Å². The predicted molar refractivity (Wildman–Crippen MR) is 127 cm³/mol. The highest BCUT2D eigenvalue weighted by atomic mass is 127. The van der Waals surface area contributed by atoms with E-state index in [1.54, 1.807) is 0 Å². The number of hydrogen-bond donors (Lipinski definition) is 1. The molecule has 0 radical (unpaired) electrons. The molecule has 1 aliphatic carbocycles. The molecule has 0 bridgehead atoms. The molecule has 1 N–H and O–H groups in total. The van der Waals surface area contributed by atoms with Crippen molar-refractivity contribution in [1.82, 2.24) is 15.1 Å². The Kier molecular flexibility index (Phi) is 10.6. The molecule has 28 heavy (non-hydrogen) atoms. The van der Waals surface area contributed by atoms with Gasteiger partial charge in [-0.3, -0.25) is 4.90 Å². The zero-order valence-corrected chi connectivity index (χ0v) is 19.9. The maximum absolute atomic E-state index is 5.76. The Morgan fingerprint density at radius 2 is 1.86 bits per heavy atom. The van der Waals surface area contributed by atoms with E-state index in [1.165, 1.54) is 49.9 Å². The van der Waals surface area contributed by atoms with Crippen molar-refractivity contribution >= 4 is 29.9 Å². The molecular formula is C22H37IN4O. The maximum Gasteiger partial charge on any atom is 0.194 e. The molecule has 1 aliphatic heterocycles. The van der Waals surface area contributed by atoms with Gasteiger partial charge in [-0.1, -0.05) is 24.3 Å². The van der Waals surface area contributed by atoms with Crippen LogP contribution in [0.25, 0.3) is 0 Å². The van der Waals surface area contributed by atoms with Crippen molar-refractivity contribution < 1.29 is 4.74 Å². The number of likely N-dealkylation sites (tertiary alicyclic amines) is 1. The Balaban J connectivity index is 0.00000280. The van der Waals surface area contributed by atoms with Gasteiger partial charge in [-0.2, -0.15) is 0 Å². The fourth-order valence-electron chi connectivity index (χ4n) is 3.43. The first-order valence-corrected chi connectivity index (χ1v) is 10.6. The number of halogens is 1. The Morgan fingerprint density at radius 1 is 1.18 bits per heavy atom. The van der Waals surface area contributed by atoms with Crippen LogP contribution in [-0.4, -0.2) is 62.2 Å². The molecule has 1 aromatic carbocycles. The molecule has 2 fully saturated rings. The van der Waals surface area contributed by atoms with Gasteiger partial charge in [0.05, 0.1) is 13.2 Å². The van der Waals surface area contributed by atoms with Gasteiger partial charge in [0, 0.05) is 33.3 Å². The second kappa shape index (κ2) is 12.6. The van der Waals surface area contributed by atoms with Crippen LogP contribution in [0.15, 0.2) is 29.3 Å². The largest absolute Gasteiger partial charge is 0.379 e. The van der Waals surface area contributed by atoms with E-state index in [0.717, 1.165) is 44.7 Å². The van der Waals surface area contributed by atoms with Gasteiger partial charge in [-0.25, -0.2) is 4.99 Å². The standard InChI is InChI=1S/C22H36N4O.HI/c1-3-23-22(25(2)14-15-27-18-21-10-11-21)24-16-19-6-8-20(9-7-19)17-26-12-4-5-13-26;/h6-9,21H,3-5,10-18H2,1-2H3,(H,23,24);1H. The number of guanidine groups is 1. The molecule has 0 unspecified atom stereocenters. The average molecular weight is 500 g/mol. The molecule has 0 aromatic heterocycles. The van der Waals surface area contributed by atoms with E-state index in [-0.39, 0.29) is 24.0 Å². The molecule has 158 valence electrons. The number of likely N-dealkylation sites (N-methyl/N-ethyl adjacent to an activating group) is 1. The zero-order valence-electron chi connectivity index (χ0n) is 17.5.